The van der Waals surface area contributed by atoms with E-state index in [1.54, 1.807) is 30.0 Å². The predicted molar refractivity (Wildman–Crippen MR) is 135 cm³/mol. The second-order valence-corrected chi connectivity index (χ2v) is 8.41. The molecule has 2 amide bonds. The van der Waals surface area contributed by atoms with E-state index in [4.69, 9.17) is 14.2 Å². The fourth-order valence-corrected chi connectivity index (χ4v) is 3.77. The number of fused-ring (bicyclic) bond motifs is 1. The minimum atomic E-state index is -0.621. The molecule has 1 N–H and O–H groups in total. The molecule has 1 aliphatic heterocycles. The lowest BCUT2D eigenvalue weighted by Gasteiger charge is -2.33. The van der Waals surface area contributed by atoms with Crippen molar-refractivity contribution < 1.29 is 23.8 Å². The van der Waals surface area contributed by atoms with Gasteiger partial charge < -0.3 is 24.4 Å². The van der Waals surface area contributed by atoms with Gasteiger partial charge in [-0.05, 0) is 56.7 Å². The van der Waals surface area contributed by atoms with Crippen molar-refractivity contribution in [2.75, 3.05) is 30.0 Å². The number of carbonyl (C=O) groups excluding carboxylic acids is 2. The Labute approximate surface area is 205 Å². The Morgan fingerprint density at radius 2 is 1.69 bits per heavy atom. The highest BCUT2D eigenvalue weighted by Crippen LogP contribution is 2.36. The van der Waals surface area contributed by atoms with E-state index in [1.165, 1.54) is 5.56 Å². The summed E-state index contributed by atoms with van der Waals surface area (Å²) < 4.78 is 17.3. The number of ether oxygens (including phenoxy) is 3. The van der Waals surface area contributed by atoms with Gasteiger partial charge in [-0.3, -0.25) is 9.59 Å². The molecule has 3 aromatic rings. The van der Waals surface area contributed by atoms with Crippen LogP contribution in [0.1, 0.15) is 25.3 Å². The fourth-order valence-electron chi connectivity index (χ4n) is 3.77. The molecule has 1 heterocycles. The summed E-state index contributed by atoms with van der Waals surface area (Å²) in [6.07, 6.45) is 0.313. The van der Waals surface area contributed by atoms with Crippen LogP contribution in [0, 0.1) is 6.92 Å². The molecule has 4 rings (SSSR count). The lowest BCUT2D eigenvalue weighted by atomic mass is 10.1. The van der Waals surface area contributed by atoms with Gasteiger partial charge in [0.2, 0.25) is 5.91 Å². The highest BCUT2D eigenvalue weighted by atomic mass is 16.5. The molecule has 7 nitrogen and oxygen atoms in total. The first kappa shape index (κ1) is 24.1. The van der Waals surface area contributed by atoms with Crippen LogP contribution in [0.2, 0.25) is 0 Å². The normalized spacial score (nSPS) is 14.6. The van der Waals surface area contributed by atoms with Crippen molar-refractivity contribution in [3.8, 4) is 17.2 Å². The van der Waals surface area contributed by atoms with Gasteiger partial charge in [0.15, 0.2) is 6.10 Å². The first-order valence-corrected chi connectivity index (χ1v) is 11.8. The number of amides is 2. The number of nitrogens with zero attached hydrogens (tertiary/aromatic N) is 1. The zero-order valence-electron chi connectivity index (χ0n) is 20.0. The van der Waals surface area contributed by atoms with Crippen molar-refractivity contribution in [2.24, 2.45) is 0 Å². The maximum absolute atomic E-state index is 12.7. The maximum Gasteiger partial charge on any atom is 0.267 e. The maximum atomic E-state index is 12.7. The number of hydrogen-bond donors (Lipinski definition) is 1. The largest absolute Gasteiger partial charge is 0.494 e. The minimum Gasteiger partial charge on any atom is -0.494 e. The minimum absolute atomic E-state index is 0.106. The molecule has 0 saturated carbocycles. The van der Waals surface area contributed by atoms with E-state index < -0.39 is 6.10 Å². The molecule has 0 aromatic heterocycles. The third-order valence-corrected chi connectivity index (χ3v) is 5.62. The molecule has 0 spiro atoms. The van der Waals surface area contributed by atoms with Gasteiger partial charge in [0.05, 0.1) is 18.8 Å². The summed E-state index contributed by atoms with van der Waals surface area (Å²) in [5.74, 6) is 1.87. The van der Waals surface area contributed by atoms with E-state index >= 15 is 0 Å². The van der Waals surface area contributed by atoms with Crippen molar-refractivity contribution in [1.82, 2.24) is 0 Å². The van der Waals surface area contributed by atoms with Gasteiger partial charge in [0.1, 0.15) is 23.9 Å². The molecule has 1 unspecified atom stereocenters. The van der Waals surface area contributed by atoms with Gasteiger partial charge in [-0.15, -0.1) is 0 Å². The van der Waals surface area contributed by atoms with Crippen LogP contribution in [0.25, 0.3) is 0 Å². The van der Waals surface area contributed by atoms with Crippen LogP contribution in [0.4, 0.5) is 11.4 Å². The monoisotopic (exact) mass is 474 g/mol. The van der Waals surface area contributed by atoms with E-state index in [0.717, 1.165) is 11.5 Å². The van der Waals surface area contributed by atoms with Gasteiger partial charge in [-0.1, -0.05) is 35.9 Å². The topological polar surface area (TPSA) is 77.1 Å². The van der Waals surface area contributed by atoms with E-state index in [2.05, 4.69) is 5.32 Å². The molecule has 1 atom stereocenters. The first-order valence-electron chi connectivity index (χ1n) is 11.8. The van der Waals surface area contributed by atoms with Crippen molar-refractivity contribution in [1.29, 1.82) is 0 Å². The average molecular weight is 475 g/mol. The van der Waals surface area contributed by atoms with Crippen LogP contribution in [0.5, 0.6) is 17.2 Å². The van der Waals surface area contributed by atoms with Crippen LogP contribution >= 0.6 is 0 Å². The van der Waals surface area contributed by atoms with Crippen molar-refractivity contribution in [3.05, 3.63) is 78.4 Å². The number of nitrogens with one attached hydrogen (secondary N) is 1. The first-order chi connectivity index (χ1) is 17.0. The number of para-hydroxylation sites is 1. The number of carbonyl (C=O) groups is 2. The summed E-state index contributed by atoms with van der Waals surface area (Å²) in [5, 5.41) is 2.90. The SMILES string of the molecule is Cc1ccc(OCCCC(=O)Nc2ccc3c(c2)OC(C)C(=O)N3CCOc2ccccc2)cc1. The molecule has 0 bridgehead atoms. The van der Waals surface area contributed by atoms with Crippen LogP contribution in [-0.2, 0) is 9.59 Å². The number of rotatable bonds is 10. The molecule has 1 aliphatic rings. The lowest BCUT2D eigenvalue weighted by Crippen LogP contribution is -2.46. The Hall–Kier alpha value is -4.00. The highest BCUT2D eigenvalue weighted by molar-refractivity contribution is 6.00. The lowest BCUT2D eigenvalue weighted by molar-refractivity contribution is -0.125. The van der Waals surface area contributed by atoms with Gasteiger partial charge >= 0.3 is 0 Å². The van der Waals surface area contributed by atoms with E-state index in [9.17, 15) is 9.59 Å². The number of aryl methyl sites for hydroxylation is 1. The Morgan fingerprint density at radius 3 is 2.46 bits per heavy atom. The molecule has 7 heteroatoms. The van der Waals surface area contributed by atoms with Gasteiger partial charge in [0.25, 0.3) is 5.91 Å². The smallest absolute Gasteiger partial charge is 0.267 e. The Bertz CT molecular complexity index is 1150. The second-order valence-electron chi connectivity index (χ2n) is 8.41. The number of hydrogen-bond acceptors (Lipinski definition) is 5. The summed E-state index contributed by atoms with van der Waals surface area (Å²) >= 11 is 0. The van der Waals surface area contributed by atoms with Crippen LogP contribution in [-0.4, -0.2) is 37.7 Å². The standard InChI is InChI=1S/C28H30N2O5/c1-20-10-13-24(14-11-20)33-17-6-9-27(31)29-22-12-15-25-26(19-22)35-21(2)28(32)30(25)16-18-34-23-7-4-3-5-8-23/h3-5,7-8,10-15,19,21H,6,9,16-18H2,1-2H3,(H,29,31). The third-order valence-electron chi connectivity index (χ3n) is 5.62. The van der Waals surface area contributed by atoms with Crippen molar-refractivity contribution >= 4 is 23.2 Å². The van der Waals surface area contributed by atoms with Crippen LogP contribution < -0.4 is 24.4 Å². The quantitative estimate of drug-likeness (QED) is 0.419. The molecule has 0 saturated heterocycles. The third kappa shape index (κ3) is 6.53. The zero-order chi connectivity index (χ0) is 24.6. The molecule has 0 aliphatic carbocycles. The van der Waals surface area contributed by atoms with Crippen LogP contribution in [0.3, 0.4) is 0 Å². The predicted octanol–water partition coefficient (Wildman–Crippen LogP) is 4.99. The Balaban J connectivity index is 1.30. The van der Waals surface area contributed by atoms with Gasteiger partial charge in [-0.2, -0.15) is 0 Å². The van der Waals surface area contributed by atoms with Crippen molar-refractivity contribution in [3.63, 3.8) is 0 Å². The molecule has 0 radical (unpaired) electrons. The van der Waals surface area contributed by atoms with E-state index in [-0.39, 0.29) is 11.8 Å². The molecular weight excluding hydrogens is 444 g/mol. The molecular formula is C28H30N2O5. The molecule has 0 fully saturated rings. The summed E-state index contributed by atoms with van der Waals surface area (Å²) in [6.45, 7) is 4.95. The summed E-state index contributed by atoms with van der Waals surface area (Å²) in [7, 11) is 0. The summed E-state index contributed by atoms with van der Waals surface area (Å²) in [5.41, 5.74) is 2.46. The molecule has 3 aromatic carbocycles. The number of anilines is 2. The van der Waals surface area contributed by atoms with Crippen LogP contribution in [0.15, 0.2) is 72.8 Å². The van der Waals surface area contributed by atoms with E-state index in [1.807, 2.05) is 61.5 Å². The molecule has 182 valence electrons. The van der Waals surface area contributed by atoms with Crippen molar-refractivity contribution in [2.45, 2.75) is 32.8 Å². The van der Waals surface area contributed by atoms with Gasteiger partial charge in [0, 0.05) is 18.2 Å². The van der Waals surface area contributed by atoms with Gasteiger partial charge in [-0.25, -0.2) is 0 Å². The second kappa shape index (κ2) is 11.4. The Morgan fingerprint density at radius 1 is 0.971 bits per heavy atom. The fraction of sp³-hybridized carbons (Fsp3) is 0.286. The molecule has 35 heavy (non-hydrogen) atoms. The number of benzene rings is 3. The average Bonchev–Trinajstić information content (AvgIpc) is 2.86. The summed E-state index contributed by atoms with van der Waals surface area (Å²) in [6, 6.07) is 22.6. The van der Waals surface area contributed by atoms with E-state index in [0.29, 0.717) is 49.7 Å². The highest BCUT2D eigenvalue weighted by Gasteiger charge is 2.31. The Kier molecular flexibility index (Phi) is 7.88. The zero-order valence-corrected chi connectivity index (χ0v) is 20.0. The summed E-state index contributed by atoms with van der Waals surface area (Å²) in [4.78, 5) is 26.8.